The average Bonchev–Trinajstić information content (AvgIpc) is 3.47. The summed E-state index contributed by atoms with van der Waals surface area (Å²) in [7, 11) is 0. The summed E-state index contributed by atoms with van der Waals surface area (Å²) in [6, 6.07) is 6.48. The number of anilines is 2. The van der Waals surface area contributed by atoms with Gasteiger partial charge in [-0.2, -0.15) is 31.4 Å². The van der Waals surface area contributed by atoms with Crippen LogP contribution in [0.4, 0.5) is 42.9 Å². The van der Waals surface area contributed by atoms with Crippen LogP contribution < -0.4 is 16.0 Å². The standard InChI is InChI=1S/C34H37F6N7O3/c1-5-19-13-20(14-21-17-41-30(45-29(19)21)42-24-6-8-25(9-7-24)43-31(49)50-32(2,3)4)26-16-27(47-46-26)44-28(48)12-18-10-22(33(35,36)37)15-23(11-18)34(38,39)40/h10-11,13-17,24-25H,5-9,12H2,1-4H3,(H,43,49)(H,41,42,45)(H2,44,46,47,48)/t24-,25-. The number of nitrogens with zero attached hydrogens (tertiary/aromatic N) is 3. The Morgan fingerprint density at radius 3 is 2.14 bits per heavy atom. The Balaban J connectivity index is 1.23. The van der Waals surface area contributed by atoms with Gasteiger partial charge in [0.1, 0.15) is 5.60 Å². The summed E-state index contributed by atoms with van der Waals surface area (Å²) in [5.41, 5.74) is -1.12. The number of H-pyrrole nitrogens is 1. The molecule has 1 fully saturated rings. The first-order valence-electron chi connectivity index (χ1n) is 16.1. The maximum absolute atomic E-state index is 13.2. The number of hydrogen-bond acceptors (Lipinski definition) is 7. The molecule has 1 aliphatic rings. The van der Waals surface area contributed by atoms with Crippen molar-refractivity contribution >= 4 is 34.7 Å². The van der Waals surface area contributed by atoms with Gasteiger partial charge in [-0.05, 0) is 94.3 Å². The lowest BCUT2D eigenvalue weighted by atomic mass is 9.91. The molecule has 0 atom stereocenters. The summed E-state index contributed by atoms with van der Waals surface area (Å²) in [4.78, 5) is 34.0. The molecule has 5 rings (SSSR count). The Bertz CT molecular complexity index is 1830. The van der Waals surface area contributed by atoms with Gasteiger partial charge < -0.3 is 20.7 Å². The monoisotopic (exact) mass is 705 g/mol. The molecule has 2 aromatic carbocycles. The van der Waals surface area contributed by atoms with E-state index in [2.05, 4.69) is 31.1 Å². The highest BCUT2D eigenvalue weighted by Gasteiger charge is 2.37. The Labute approximate surface area is 283 Å². The molecule has 1 saturated carbocycles. The minimum absolute atomic E-state index is 0.0124. The van der Waals surface area contributed by atoms with Crippen molar-refractivity contribution in [2.45, 2.75) is 96.3 Å². The average molecular weight is 706 g/mol. The van der Waals surface area contributed by atoms with Gasteiger partial charge in [-0.15, -0.1) is 0 Å². The van der Waals surface area contributed by atoms with Crippen molar-refractivity contribution in [2.75, 3.05) is 10.6 Å². The minimum atomic E-state index is -5.02. The molecule has 2 aromatic heterocycles. The van der Waals surface area contributed by atoms with Gasteiger partial charge in [0.2, 0.25) is 11.9 Å². The number of nitrogens with one attached hydrogen (secondary N) is 4. The van der Waals surface area contributed by atoms with Crippen molar-refractivity contribution in [2.24, 2.45) is 0 Å². The summed E-state index contributed by atoms with van der Waals surface area (Å²) in [5, 5.41) is 16.4. The highest BCUT2D eigenvalue weighted by Crippen LogP contribution is 2.36. The summed E-state index contributed by atoms with van der Waals surface area (Å²) >= 11 is 0. The number of fused-ring (bicyclic) bond motifs is 1. The van der Waals surface area contributed by atoms with Crippen LogP contribution in [0, 0.1) is 0 Å². The summed E-state index contributed by atoms with van der Waals surface area (Å²) in [6.45, 7) is 7.43. The number of amides is 2. The number of aromatic amines is 1. The fourth-order valence-electron chi connectivity index (χ4n) is 5.78. The highest BCUT2D eigenvalue weighted by atomic mass is 19.4. The van der Waals surface area contributed by atoms with E-state index in [1.807, 2.05) is 39.8 Å². The van der Waals surface area contributed by atoms with Gasteiger partial charge in [0.15, 0.2) is 5.82 Å². The molecule has 0 spiro atoms. The maximum Gasteiger partial charge on any atom is 0.416 e. The molecule has 10 nitrogen and oxygen atoms in total. The molecule has 0 saturated heterocycles. The molecular weight excluding hydrogens is 668 g/mol. The lowest BCUT2D eigenvalue weighted by Gasteiger charge is -2.30. The molecule has 16 heteroatoms. The lowest BCUT2D eigenvalue weighted by molar-refractivity contribution is -0.143. The number of rotatable bonds is 8. The Kier molecular flexibility index (Phi) is 10.3. The molecular formula is C34H37F6N7O3. The smallest absolute Gasteiger partial charge is 0.416 e. The van der Waals surface area contributed by atoms with E-state index >= 15 is 0 Å². The van der Waals surface area contributed by atoms with E-state index in [-0.39, 0.29) is 24.0 Å². The molecule has 4 N–H and O–H groups in total. The molecule has 0 bridgehead atoms. The van der Waals surface area contributed by atoms with Crippen LogP contribution in [0.3, 0.4) is 0 Å². The van der Waals surface area contributed by atoms with E-state index in [4.69, 9.17) is 9.72 Å². The number of alkyl carbamates (subject to hydrolysis) is 1. The topological polar surface area (TPSA) is 134 Å². The number of ether oxygens (including phenoxy) is 1. The normalized spacial score (nSPS) is 17.0. The van der Waals surface area contributed by atoms with Gasteiger partial charge in [-0.3, -0.25) is 9.89 Å². The second-order valence-electron chi connectivity index (χ2n) is 13.3. The van der Waals surface area contributed by atoms with Crippen LogP contribution in [0.1, 0.15) is 75.6 Å². The molecule has 268 valence electrons. The number of benzene rings is 2. The largest absolute Gasteiger partial charge is 0.444 e. The van der Waals surface area contributed by atoms with Gasteiger partial charge >= 0.3 is 18.4 Å². The first kappa shape index (κ1) is 36.4. The van der Waals surface area contributed by atoms with Crippen molar-refractivity contribution in [1.29, 1.82) is 0 Å². The number of halogens is 6. The second kappa shape index (κ2) is 14.2. The summed E-state index contributed by atoms with van der Waals surface area (Å²) in [5.74, 6) is -0.319. The van der Waals surface area contributed by atoms with Gasteiger partial charge in [0.25, 0.3) is 0 Å². The van der Waals surface area contributed by atoms with E-state index in [9.17, 15) is 35.9 Å². The molecule has 4 aromatic rings. The van der Waals surface area contributed by atoms with Crippen molar-refractivity contribution in [3.8, 4) is 11.3 Å². The van der Waals surface area contributed by atoms with E-state index in [0.717, 1.165) is 42.1 Å². The third kappa shape index (κ3) is 9.41. The maximum atomic E-state index is 13.2. The minimum Gasteiger partial charge on any atom is -0.444 e. The SMILES string of the molecule is CCc1cc(-c2cc(NC(=O)Cc3cc(C(F)(F)F)cc(C(F)(F)F)c3)n[nH]2)cc2cnc(N[C@H]3CC[C@H](NC(=O)OC(C)(C)C)CC3)nc12. The van der Waals surface area contributed by atoms with E-state index in [1.165, 1.54) is 6.07 Å². The fourth-order valence-corrected chi connectivity index (χ4v) is 5.78. The van der Waals surface area contributed by atoms with Gasteiger partial charge in [0, 0.05) is 35.3 Å². The van der Waals surface area contributed by atoms with Crippen molar-refractivity contribution < 1.29 is 40.7 Å². The Hall–Kier alpha value is -4.89. The highest BCUT2D eigenvalue weighted by molar-refractivity contribution is 5.92. The first-order valence-corrected chi connectivity index (χ1v) is 16.1. The third-order valence-electron chi connectivity index (χ3n) is 8.09. The van der Waals surface area contributed by atoms with Crippen LogP contribution in [-0.4, -0.2) is 49.9 Å². The predicted molar refractivity (Wildman–Crippen MR) is 174 cm³/mol. The van der Waals surface area contributed by atoms with Crippen molar-refractivity contribution in [1.82, 2.24) is 25.5 Å². The van der Waals surface area contributed by atoms with Gasteiger partial charge in [-0.1, -0.05) is 6.92 Å². The van der Waals surface area contributed by atoms with Crippen LogP contribution in [0.2, 0.25) is 0 Å². The van der Waals surface area contributed by atoms with Crippen LogP contribution in [-0.2, 0) is 34.7 Å². The Morgan fingerprint density at radius 2 is 1.54 bits per heavy atom. The lowest BCUT2D eigenvalue weighted by Crippen LogP contribution is -2.42. The third-order valence-corrected chi connectivity index (χ3v) is 8.09. The second-order valence-corrected chi connectivity index (χ2v) is 13.3. The molecule has 2 heterocycles. The zero-order valence-electron chi connectivity index (χ0n) is 27.8. The number of hydrogen-bond donors (Lipinski definition) is 4. The fraction of sp³-hybridized carbons (Fsp3) is 0.441. The molecule has 2 amide bonds. The van der Waals surface area contributed by atoms with Crippen LogP contribution in [0.25, 0.3) is 22.2 Å². The van der Waals surface area contributed by atoms with Crippen molar-refractivity contribution in [3.63, 3.8) is 0 Å². The molecule has 50 heavy (non-hydrogen) atoms. The van der Waals surface area contributed by atoms with E-state index in [0.29, 0.717) is 35.8 Å². The van der Waals surface area contributed by atoms with E-state index < -0.39 is 53.1 Å². The number of alkyl halides is 6. The predicted octanol–water partition coefficient (Wildman–Crippen LogP) is 8.05. The number of carbonyl (C=O) groups is 2. The molecule has 1 aliphatic carbocycles. The summed E-state index contributed by atoms with van der Waals surface area (Å²) in [6.07, 6.45) is -5.67. The van der Waals surface area contributed by atoms with Crippen molar-refractivity contribution in [3.05, 3.63) is 64.8 Å². The summed E-state index contributed by atoms with van der Waals surface area (Å²) < 4.78 is 84.7. The molecule has 0 unspecified atom stereocenters. The number of aryl methyl sites for hydroxylation is 1. The van der Waals surface area contributed by atoms with Crippen LogP contribution in [0.5, 0.6) is 0 Å². The zero-order valence-corrected chi connectivity index (χ0v) is 27.8. The van der Waals surface area contributed by atoms with Gasteiger partial charge in [0.05, 0.1) is 28.8 Å². The van der Waals surface area contributed by atoms with Gasteiger partial charge in [-0.25, -0.2) is 14.8 Å². The molecule has 0 aliphatic heterocycles. The number of aromatic nitrogens is 4. The molecule has 0 radical (unpaired) electrons. The Morgan fingerprint density at radius 1 is 0.900 bits per heavy atom. The first-order chi connectivity index (χ1) is 23.4. The van der Waals surface area contributed by atoms with Crippen LogP contribution >= 0.6 is 0 Å². The number of carbonyl (C=O) groups excluding carboxylic acids is 2. The van der Waals surface area contributed by atoms with E-state index in [1.54, 1.807) is 6.20 Å². The zero-order chi connectivity index (χ0) is 36.4. The van der Waals surface area contributed by atoms with Crippen LogP contribution in [0.15, 0.2) is 42.6 Å². The quantitative estimate of drug-likeness (QED) is 0.136.